The van der Waals surface area contributed by atoms with Crippen LogP contribution in [0.5, 0.6) is 0 Å². The number of ether oxygens (including phenoxy) is 1. The number of urea groups is 1. The summed E-state index contributed by atoms with van der Waals surface area (Å²) in [5.41, 5.74) is 0. The molecule has 2 heterocycles. The molecule has 0 aliphatic carbocycles. The van der Waals surface area contributed by atoms with E-state index in [2.05, 4.69) is 5.32 Å². The van der Waals surface area contributed by atoms with Crippen molar-refractivity contribution in [2.75, 3.05) is 26.2 Å². The van der Waals surface area contributed by atoms with Crippen LogP contribution in [0.25, 0.3) is 0 Å². The third-order valence-electron chi connectivity index (χ3n) is 4.20. The van der Waals surface area contributed by atoms with Crippen molar-refractivity contribution >= 4 is 11.9 Å². The summed E-state index contributed by atoms with van der Waals surface area (Å²) >= 11 is 0. The Bertz CT molecular complexity index is 403. The highest BCUT2D eigenvalue weighted by Gasteiger charge is 2.34. The van der Waals surface area contributed by atoms with Crippen LogP contribution in [0.4, 0.5) is 4.79 Å². The first-order valence-corrected chi connectivity index (χ1v) is 8.36. The van der Waals surface area contributed by atoms with Gasteiger partial charge in [0.1, 0.15) is 0 Å². The zero-order valence-corrected chi connectivity index (χ0v) is 14.2. The van der Waals surface area contributed by atoms with Gasteiger partial charge in [-0.05, 0) is 40.5 Å². The van der Waals surface area contributed by atoms with Crippen LogP contribution in [-0.4, -0.2) is 66.2 Å². The van der Waals surface area contributed by atoms with Crippen LogP contribution in [-0.2, 0) is 9.53 Å². The van der Waals surface area contributed by atoms with E-state index in [1.165, 1.54) is 0 Å². The minimum atomic E-state index is -0.0795. The van der Waals surface area contributed by atoms with Gasteiger partial charge in [-0.2, -0.15) is 0 Å². The van der Waals surface area contributed by atoms with Gasteiger partial charge in [-0.3, -0.25) is 4.79 Å². The predicted molar refractivity (Wildman–Crippen MR) is 84.6 cm³/mol. The molecule has 3 amide bonds. The molecular formula is C16H29N3O3. The summed E-state index contributed by atoms with van der Waals surface area (Å²) in [5, 5.41) is 2.91. The van der Waals surface area contributed by atoms with Crippen LogP contribution in [0.2, 0.25) is 0 Å². The maximum absolute atomic E-state index is 12.7. The number of morpholine rings is 1. The smallest absolute Gasteiger partial charge is 0.317 e. The number of amides is 3. The SMILES string of the molecule is CC(C)NC(=O)N1CCC[C@H](C(=O)N2C[C@@H](C)O[C@H](C)C2)C1. The van der Waals surface area contributed by atoms with Crippen LogP contribution in [0, 0.1) is 5.92 Å². The number of nitrogens with zero attached hydrogens (tertiary/aromatic N) is 2. The first-order valence-electron chi connectivity index (χ1n) is 8.36. The van der Waals surface area contributed by atoms with Gasteiger partial charge in [-0.15, -0.1) is 0 Å². The number of hydrogen-bond donors (Lipinski definition) is 1. The van der Waals surface area contributed by atoms with E-state index in [9.17, 15) is 9.59 Å². The van der Waals surface area contributed by atoms with E-state index in [1.807, 2.05) is 32.6 Å². The molecule has 0 aromatic carbocycles. The molecule has 22 heavy (non-hydrogen) atoms. The lowest BCUT2D eigenvalue weighted by Gasteiger charge is -2.39. The van der Waals surface area contributed by atoms with Crippen molar-refractivity contribution in [3.63, 3.8) is 0 Å². The predicted octanol–water partition coefficient (Wildman–Crippen LogP) is 1.45. The standard InChI is InChI=1S/C16H29N3O3/c1-11(2)17-16(21)18-7-5-6-14(10-18)15(20)19-8-12(3)22-13(4)9-19/h11-14H,5-10H2,1-4H3,(H,17,21)/t12-,13-,14+/m1/s1. The van der Waals surface area contributed by atoms with Gasteiger partial charge in [0.25, 0.3) is 0 Å². The average Bonchev–Trinajstić information content (AvgIpc) is 2.45. The van der Waals surface area contributed by atoms with E-state index in [0.29, 0.717) is 19.6 Å². The fraction of sp³-hybridized carbons (Fsp3) is 0.875. The monoisotopic (exact) mass is 311 g/mol. The molecule has 2 fully saturated rings. The van der Waals surface area contributed by atoms with Gasteiger partial charge in [0.05, 0.1) is 18.1 Å². The molecule has 0 saturated carbocycles. The Kier molecular flexibility index (Phi) is 5.67. The minimum absolute atomic E-state index is 0.0591. The van der Waals surface area contributed by atoms with E-state index in [-0.39, 0.29) is 36.1 Å². The summed E-state index contributed by atoms with van der Waals surface area (Å²) < 4.78 is 5.69. The quantitative estimate of drug-likeness (QED) is 0.839. The third-order valence-corrected chi connectivity index (χ3v) is 4.20. The second-order valence-electron chi connectivity index (χ2n) is 6.89. The van der Waals surface area contributed by atoms with Gasteiger partial charge in [0.2, 0.25) is 5.91 Å². The maximum Gasteiger partial charge on any atom is 0.317 e. The van der Waals surface area contributed by atoms with E-state index >= 15 is 0 Å². The number of carbonyl (C=O) groups is 2. The summed E-state index contributed by atoms with van der Waals surface area (Å²) in [6, 6.07) is 0.0562. The number of piperidine rings is 1. The largest absolute Gasteiger partial charge is 0.372 e. The van der Waals surface area contributed by atoms with Crippen molar-refractivity contribution in [2.24, 2.45) is 5.92 Å². The molecule has 0 unspecified atom stereocenters. The lowest BCUT2D eigenvalue weighted by molar-refractivity contribution is -0.148. The number of likely N-dealkylation sites (tertiary alicyclic amines) is 1. The van der Waals surface area contributed by atoms with Crippen molar-refractivity contribution in [1.82, 2.24) is 15.1 Å². The Morgan fingerprint density at radius 2 is 1.73 bits per heavy atom. The highest BCUT2D eigenvalue weighted by atomic mass is 16.5. The lowest BCUT2D eigenvalue weighted by Crippen LogP contribution is -2.54. The van der Waals surface area contributed by atoms with Crippen molar-refractivity contribution in [1.29, 1.82) is 0 Å². The van der Waals surface area contributed by atoms with Crippen molar-refractivity contribution in [3.8, 4) is 0 Å². The molecule has 2 rings (SSSR count). The minimum Gasteiger partial charge on any atom is -0.372 e. The van der Waals surface area contributed by atoms with Gasteiger partial charge in [0, 0.05) is 32.2 Å². The Morgan fingerprint density at radius 3 is 2.32 bits per heavy atom. The van der Waals surface area contributed by atoms with Crippen LogP contribution >= 0.6 is 0 Å². The summed E-state index contributed by atoms with van der Waals surface area (Å²) in [6.07, 6.45) is 1.91. The molecule has 2 saturated heterocycles. The Labute approximate surface area is 133 Å². The molecule has 3 atom stereocenters. The van der Waals surface area contributed by atoms with Gasteiger partial charge >= 0.3 is 6.03 Å². The molecular weight excluding hydrogens is 282 g/mol. The van der Waals surface area contributed by atoms with E-state index < -0.39 is 0 Å². The molecule has 2 aliphatic heterocycles. The van der Waals surface area contributed by atoms with Crippen LogP contribution in [0.15, 0.2) is 0 Å². The summed E-state index contributed by atoms with van der Waals surface area (Å²) in [7, 11) is 0. The number of rotatable bonds is 2. The molecule has 0 bridgehead atoms. The molecule has 0 radical (unpaired) electrons. The molecule has 6 nitrogen and oxygen atoms in total. The van der Waals surface area contributed by atoms with E-state index in [0.717, 1.165) is 19.4 Å². The van der Waals surface area contributed by atoms with Gasteiger partial charge in [-0.25, -0.2) is 4.79 Å². The second kappa shape index (κ2) is 7.31. The highest BCUT2D eigenvalue weighted by molar-refractivity contribution is 5.81. The molecule has 2 aliphatic rings. The molecule has 6 heteroatoms. The van der Waals surface area contributed by atoms with Gasteiger partial charge in [-0.1, -0.05) is 0 Å². The van der Waals surface area contributed by atoms with E-state index in [1.54, 1.807) is 4.90 Å². The molecule has 1 N–H and O–H groups in total. The van der Waals surface area contributed by atoms with Crippen LogP contribution < -0.4 is 5.32 Å². The normalized spacial score (nSPS) is 29.6. The fourth-order valence-corrected chi connectivity index (χ4v) is 3.32. The maximum atomic E-state index is 12.7. The van der Waals surface area contributed by atoms with Crippen molar-refractivity contribution in [3.05, 3.63) is 0 Å². The zero-order chi connectivity index (χ0) is 16.3. The summed E-state index contributed by atoms with van der Waals surface area (Å²) in [5.74, 6) is 0.0909. The first-order chi connectivity index (χ1) is 10.4. The molecule has 0 aromatic heterocycles. The van der Waals surface area contributed by atoms with Gasteiger partial charge < -0.3 is 19.9 Å². The van der Waals surface area contributed by atoms with Crippen molar-refractivity contribution in [2.45, 2.75) is 58.8 Å². The highest BCUT2D eigenvalue weighted by Crippen LogP contribution is 2.21. The topological polar surface area (TPSA) is 61.9 Å². The van der Waals surface area contributed by atoms with Gasteiger partial charge in [0.15, 0.2) is 0 Å². The number of carbonyl (C=O) groups excluding carboxylic acids is 2. The van der Waals surface area contributed by atoms with Crippen molar-refractivity contribution < 1.29 is 14.3 Å². The Hall–Kier alpha value is -1.30. The number of hydrogen-bond acceptors (Lipinski definition) is 3. The third kappa shape index (κ3) is 4.35. The Morgan fingerprint density at radius 1 is 1.09 bits per heavy atom. The first kappa shape index (κ1) is 17.1. The summed E-state index contributed by atoms with van der Waals surface area (Å²) in [4.78, 5) is 28.6. The van der Waals surface area contributed by atoms with Crippen LogP contribution in [0.1, 0.15) is 40.5 Å². The molecule has 0 spiro atoms. The van der Waals surface area contributed by atoms with Crippen LogP contribution in [0.3, 0.4) is 0 Å². The lowest BCUT2D eigenvalue weighted by atomic mass is 9.96. The average molecular weight is 311 g/mol. The number of nitrogens with one attached hydrogen (secondary N) is 1. The van der Waals surface area contributed by atoms with E-state index in [4.69, 9.17) is 4.74 Å². The molecule has 0 aromatic rings. The fourth-order valence-electron chi connectivity index (χ4n) is 3.32. The molecule has 126 valence electrons. The zero-order valence-electron chi connectivity index (χ0n) is 14.2. The Balaban J connectivity index is 1.93. The summed E-state index contributed by atoms with van der Waals surface area (Å²) in [6.45, 7) is 10.5. The second-order valence-corrected chi connectivity index (χ2v) is 6.89.